The van der Waals surface area contributed by atoms with Gasteiger partial charge in [0.2, 0.25) is 0 Å². The van der Waals surface area contributed by atoms with Gasteiger partial charge in [0.15, 0.2) is 0 Å². The first kappa shape index (κ1) is 30.4. The molecule has 0 radical (unpaired) electrons. The first-order valence-corrected chi connectivity index (χ1v) is 18.2. The Labute approximate surface area is 305 Å². The smallest absolute Gasteiger partial charge is 0.0465 e. The van der Waals surface area contributed by atoms with Crippen molar-refractivity contribution in [1.29, 1.82) is 0 Å². The molecule has 1 nitrogen and oxygen atoms in total. The number of para-hydroxylation sites is 1. The third kappa shape index (κ3) is 4.77. The van der Waals surface area contributed by atoms with Crippen LogP contribution >= 0.6 is 0 Å². The Morgan fingerprint density at radius 3 is 1.67 bits per heavy atom. The fraction of sp³-hybridized carbons (Fsp3) is 0.0588. The van der Waals surface area contributed by atoms with Crippen molar-refractivity contribution < 1.29 is 0 Å². The molecule has 0 heterocycles. The minimum absolute atomic E-state index is 0.177. The molecule has 0 unspecified atom stereocenters. The van der Waals surface area contributed by atoms with Crippen molar-refractivity contribution >= 4 is 49.4 Å². The van der Waals surface area contributed by atoms with E-state index >= 15 is 0 Å². The minimum Gasteiger partial charge on any atom is -0.310 e. The predicted molar refractivity (Wildman–Crippen MR) is 222 cm³/mol. The molecule has 0 aromatic heterocycles. The van der Waals surface area contributed by atoms with Gasteiger partial charge >= 0.3 is 0 Å². The molecule has 52 heavy (non-hydrogen) atoms. The number of anilines is 3. The highest BCUT2D eigenvalue weighted by molar-refractivity contribution is 6.14. The van der Waals surface area contributed by atoms with E-state index in [4.69, 9.17) is 0 Å². The van der Waals surface area contributed by atoms with Crippen LogP contribution in [0.4, 0.5) is 17.1 Å². The Balaban J connectivity index is 1.06. The van der Waals surface area contributed by atoms with Gasteiger partial charge < -0.3 is 4.90 Å². The predicted octanol–water partition coefficient (Wildman–Crippen LogP) is 14.3. The standard InChI is InChI=1S/C51H37N/c1-51(2)49-32-37(48-31-36-14-7-9-19-43(36)44-20-10-11-21-45(44)48)25-29-46(49)47-30-28-40(33-50(47)51)52(38-16-4-3-5-17-38)39-26-23-35(24-27-39)42-22-12-15-34-13-6-8-18-41(34)42/h3-33H,1-2H3. The SMILES string of the molecule is CC1(C)c2cc(-c3cc4ccccc4c4ccccc34)ccc2-c2ccc(N(c3ccccc3)c3ccc(-c4cccc5ccccc45)cc3)cc21. The van der Waals surface area contributed by atoms with Crippen molar-refractivity contribution in [3.63, 3.8) is 0 Å². The van der Waals surface area contributed by atoms with Gasteiger partial charge in [0.1, 0.15) is 0 Å². The van der Waals surface area contributed by atoms with Crippen LogP contribution in [0.2, 0.25) is 0 Å². The zero-order valence-electron chi connectivity index (χ0n) is 29.3. The maximum absolute atomic E-state index is 2.45. The summed E-state index contributed by atoms with van der Waals surface area (Å²) in [7, 11) is 0. The van der Waals surface area contributed by atoms with Crippen LogP contribution in [0.15, 0.2) is 188 Å². The summed E-state index contributed by atoms with van der Waals surface area (Å²) in [6.07, 6.45) is 0. The molecule has 1 heteroatoms. The first-order chi connectivity index (χ1) is 25.5. The van der Waals surface area contributed by atoms with Crippen LogP contribution in [0.5, 0.6) is 0 Å². The summed E-state index contributed by atoms with van der Waals surface area (Å²) in [6, 6.07) is 69.1. The Morgan fingerprint density at radius 1 is 0.327 bits per heavy atom. The highest BCUT2D eigenvalue weighted by Crippen LogP contribution is 2.52. The van der Waals surface area contributed by atoms with Gasteiger partial charge in [-0.15, -0.1) is 0 Å². The Morgan fingerprint density at radius 2 is 0.885 bits per heavy atom. The minimum atomic E-state index is -0.177. The van der Waals surface area contributed by atoms with Crippen molar-refractivity contribution in [2.75, 3.05) is 4.90 Å². The normalized spacial score (nSPS) is 13.0. The van der Waals surface area contributed by atoms with E-state index in [1.165, 1.54) is 76.8 Å². The van der Waals surface area contributed by atoms with E-state index in [-0.39, 0.29) is 5.41 Å². The second-order valence-corrected chi connectivity index (χ2v) is 14.6. The summed E-state index contributed by atoms with van der Waals surface area (Å²) in [4.78, 5) is 2.39. The summed E-state index contributed by atoms with van der Waals surface area (Å²) >= 11 is 0. The summed E-state index contributed by atoms with van der Waals surface area (Å²) in [5.74, 6) is 0. The number of rotatable bonds is 5. The van der Waals surface area contributed by atoms with Crippen LogP contribution in [-0.2, 0) is 5.41 Å². The van der Waals surface area contributed by atoms with Gasteiger partial charge in [-0.25, -0.2) is 0 Å². The van der Waals surface area contributed by atoms with E-state index in [1.54, 1.807) is 0 Å². The molecule has 246 valence electrons. The molecule has 1 aliphatic carbocycles. The molecule has 0 N–H and O–H groups in total. The van der Waals surface area contributed by atoms with Crippen molar-refractivity contribution in [2.24, 2.45) is 0 Å². The molecular weight excluding hydrogens is 627 g/mol. The number of hydrogen-bond donors (Lipinski definition) is 0. The van der Waals surface area contributed by atoms with Gasteiger partial charge in [0.05, 0.1) is 0 Å². The number of benzene rings is 9. The van der Waals surface area contributed by atoms with Crippen LogP contribution in [0.1, 0.15) is 25.0 Å². The monoisotopic (exact) mass is 663 g/mol. The third-order valence-corrected chi connectivity index (χ3v) is 11.2. The number of fused-ring (bicyclic) bond motifs is 7. The van der Waals surface area contributed by atoms with E-state index in [1.807, 2.05) is 0 Å². The molecule has 0 spiro atoms. The highest BCUT2D eigenvalue weighted by atomic mass is 15.1. The molecule has 9 aromatic rings. The zero-order chi connectivity index (χ0) is 34.8. The molecule has 10 rings (SSSR count). The fourth-order valence-electron chi connectivity index (χ4n) is 8.62. The van der Waals surface area contributed by atoms with Gasteiger partial charge in [-0.3, -0.25) is 0 Å². The van der Waals surface area contributed by atoms with Gasteiger partial charge in [0.25, 0.3) is 0 Å². The molecule has 0 aliphatic heterocycles. The van der Waals surface area contributed by atoms with Crippen LogP contribution in [0, 0.1) is 0 Å². The topological polar surface area (TPSA) is 3.24 Å². The first-order valence-electron chi connectivity index (χ1n) is 18.2. The Hall–Kier alpha value is -6.44. The lowest BCUT2D eigenvalue weighted by Crippen LogP contribution is -2.16. The summed E-state index contributed by atoms with van der Waals surface area (Å²) < 4.78 is 0. The lowest BCUT2D eigenvalue weighted by atomic mass is 9.81. The van der Waals surface area contributed by atoms with Gasteiger partial charge in [0, 0.05) is 22.5 Å². The van der Waals surface area contributed by atoms with Gasteiger partial charge in [-0.2, -0.15) is 0 Å². The summed E-state index contributed by atoms with van der Waals surface area (Å²) in [5.41, 5.74) is 13.6. The average Bonchev–Trinajstić information content (AvgIpc) is 3.43. The molecule has 0 fully saturated rings. The van der Waals surface area contributed by atoms with Crippen molar-refractivity contribution in [3.05, 3.63) is 199 Å². The van der Waals surface area contributed by atoms with E-state index in [0.29, 0.717) is 0 Å². The highest BCUT2D eigenvalue weighted by Gasteiger charge is 2.36. The molecule has 0 atom stereocenters. The lowest BCUT2D eigenvalue weighted by molar-refractivity contribution is 0.660. The van der Waals surface area contributed by atoms with Crippen LogP contribution in [0.25, 0.3) is 65.7 Å². The largest absolute Gasteiger partial charge is 0.310 e. The van der Waals surface area contributed by atoms with Crippen molar-refractivity contribution in [2.45, 2.75) is 19.3 Å². The van der Waals surface area contributed by atoms with Gasteiger partial charge in [-0.05, 0) is 125 Å². The molecule has 0 amide bonds. The van der Waals surface area contributed by atoms with E-state index in [2.05, 4.69) is 207 Å². The van der Waals surface area contributed by atoms with E-state index in [9.17, 15) is 0 Å². The molecule has 1 aliphatic rings. The fourth-order valence-corrected chi connectivity index (χ4v) is 8.62. The Kier molecular flexibility index (Phi) is 6.91. The molecule has 0 bridgehead atoms. The molecular formula is C51H37N. The van der Waals surface area contributed by atoms with Crippen LogP contribution in [0.3, 0.4) is 0 Å². The van der Waals surface area contributed by atoms with Crippen LogP contribution in [-0.4, -0.2) is 0 Å². The molecule has 0 saturated carbocycles. The van der Waals surface area contributed by atoms with Crippen LogP contribution < -0.4 is 4.90 Å². The number of nitrogens with zero attached hydrogens (tertiary/aromatic N) is 1. The zero-order valence-corrected chi connectivity index (χ0v) is 29.3. The molecule has 9 aromatic carbocycles. The van der Waals surface area contributed by atoms with Crippen molar-refractivity contribution in [3.8, 4) is 33.4 Å². The second kappa shape index (κ2) is 11.8. The summed E-state index contributed by atoms with van der Waals surface area (Å²) in [5, 5.41) is 7.70. The lowest BCUT2D eigenvalue weighted by Gasteiger charge is -2.28. The van der Waals surface area contributed by atoms with E-state index < -0.39 is 0 Å². The van der Waals surface area contributed by atoms with E-state index in [0.717, 1.165) is 17.1 Å². The van der Waals surface area contributed by atoms with Gasteiger partial charge in [-0.1, -0.05) is 153 Å². The quantitative estimate of drug-likeness (QED) is 0.166. The van der Waals surface area contributed by atoms with Crippen molar-refractivity contribution in [1.82, 2.24) is 0 Å². The molecule has 0 saturated heterocycles. The summed E-state index contributed by atoms with van der Waals surface area (Å²) in [6.45, 7) is 4.77. The average molecular weight is 664 g/mol. The third-order valence-electron chi connectivity index (χ3n) is 11.2. The maximum atomic E-state index is 2.45. The maximum Gasteiger partial charge on any atom is 0.0465 e. The Bertz CT molecular complexity index is 2800. The second-order valence-electron chi connectivity index (χ2n) is 14.6. The number of hydrogen-bond acceptors (Lipinski definition) is 1.